The van der Waals surface area contributed by atoms with Crippen LogP contribution in [0.3, 0.4) is 0 Å². The molecule has 1 fully saturated rings. The third-order valence-electron chi connectivity index (χ3n) is 4.04. The summed E-state index contributed by atoms with van der Waals surface area (Å²) in [5, 5.41) is 4.23. The van der Waals surface area contributed by atoms with Gasteiger partial charge in [0.25, 0.3) is 0 Å². The number of imidazole rings is 1. The van der Waals surface area contributed by atoms with E-state index in [-0.39, 0.29) is 0 Å². The van der Waals surface area contributed by atoms with E-state index >= 15 is 0 Å². The van der Waals surface area contributed by atoms with E-state index in [1.165, 1.54) is 11.3 Å². The third kappa shape index (κ3) is 2.26. The molecule has 0 spiro atoms. The van der Waals surface area contributed by atoms with Gasteiger partial charge in [-0.05, 0) is 37.1 Å². The maximum absolute atomic E-state index is 6.08. The van der Waals surface area contributed by atoms with E-state index in [9.17, 15) is 0 Å². The number of hydrogen-bond acceptors (Lipinski definition) is 2. The summed E-state index contributed by atoms with van der Waals surface area (Å²) in [7, 11) is 0. The molecule has 0 unspecified atom stereocenters. The monoisotopic (exact) mass is 277 g/mol. The first-order valence-corrected chi connectivity index (χ1v) is 7.45. The molecule has 1 aromatic heterocycles. The normalized spacial score (nSPS) is 23.3. The molecular formula is C15H20ClN3. The van der Waals surface area contributed by atoms with Gasteiger partial charge < -0.3 is 9.88 Å². The van der Waals surface area contributed by atoms with Gasteiger partial charge in [-0.1, -0.05) is 25.4 Å². The Morgan fingerprint density at radius 2 is 2.26 bits per heavy atom. The number of hydrogen-bond donors (Lipinski definition) is 1. The minimum Gasteiger partial charge on any atom is -0.328 e. The second-order valence-corrected chi connectivity index (χ2v) is 5.93. The Morgan fingerprint density at radius 3 is 2.95 bits per heavy atom. The van der Waals surface area contributed by atoms with Crippen molar-refractivity contribution >= 4 is 22.6 Å². The van der Waals surface area contributed by atoms with E-state index in [2.05, 4.69) is 29.8 Å². The molecule has 2 heterocycles. The number of aryl methyl sites for hydroxylation is 1. The van der Waals surface area contributed by atoms with E-state index in [0.717, 1.165) is 36.6 Å². The Kier molecular flexibility index (Phi) is 3.50. The van der Waals surface area contributed by atoms with E-state index in [4.69, 9.17) is 16.6 Å². The second-order valence-electron chi connectivity index (χ2n) is 5.50. The number of aromatic nitrogens is 2. The molecule has 0 bridgehead atoms. The number of fused-ring (bicyclic) bond motifs is 1. The summed E-state index contributed by atoms with van der Waals surface area (Å²) in [5.41, 5.74) is 2.23. The molecule has 1 saturated heterocycles. The summed E-state index contributed by atoms with van der Waals surface area (Å²) < 4.78 is 2.37. The molecule has 1 aliphatic heterocycles. The first-order chi connectivity index (χ1) is 9.20. The molecule has 1 N–H and O–H groups in total. The molecule has 2 aromatic rings. The fraction of sp³-hybridized carbons (Fsp3) is 0.533. The molecule has 0 saturated carbocycles. The molecule has 4 heteroatoms. The topological polar surface area (TPSA) is 29.9 Å². The standard InChI is InChI=1S/C15H20ClN3/c1-3-6-19-14-5-4-11(16)7-13(14)18-15(19)12-9-17-8-10(12)2/h4-5,7,10,12,17H,3,6,8-9H2,1-2H3/t10-,12-/m1/s1. The number of nitrogens with zero attached hydrogens (tertiary/aromatic N) is 2. The molecule has 0 radical (unpaired) electrons. The number of halogens is 1. The van der Waals surface area contributed by atoms with Crippen molar-refractivity contribution in [2.24, 2.45) is 5.92 Å². The van der Waals surface area contributed by atoms with Crippen LogP contribution in [0.15, 0.2) is 18.2 Å². The van der Waals surface area contributed by atoms with Gasteiger partial charge in [0, 0.05) is 24.0 Å². The Hall–Kier alpha value is -1.06. The molecule has 3 rings (SSSR count). The first-order valence-electron chi connectivity index (χ1n) is 7.07. The van der Waals surface area contributed by atoms with Gasteiger partial charge in [0.2, 0.25) is 0 Å². The summed E-state index contributed by atoms with van der Waals surface area (Å²) in [6.45, 7) is 7.65. The van der Waals surface area contributed by atoms with Gasteiger partial charge in [-0.3, -0.25) is 0 Å². The third-order valence-corrected chi connectivity index (χ3v) is 4.27. The predicted octanol–water partition coefficient (Wildman–Crippen LogP) is 3.42. The Labute approximate surface area is 119 Å². The van der Waals surface area contributed by atoms with Gasteiger partial charge in [0.05, 0.1) is 11.0 Å². The Balaban J connectivity index is 2.13. The van der Waals surface area contributed by atoms with Gasteiger partial charge >= 0.3 is 0 Å². The van der Waals surface area contributed by atoms with Crippen LogP contribution in [-0.4, -0.2) is 22.6 Å². The van der Waals surface area contributed by atoms with Crippen LogP contribution in [-0.2, 0) is 6.54 Å². The zero-order chi connectivity index (χ0) is 13.4. The van der Waals surface area contributed by atoms with Crippen LogP contribution >= 0.6 is 11.6 Å². The fourth-order valence-corrected chi connectivity index (χ4v) is 3.19. The Morgan fingerprint density at radius 1 is 1.42 bits per heavy atom. The SMILES string of the molecule is CCCn1c([C@@H]2CNC[C@H]2C)nc2cc(Cl)ccc21. The van der Waals surface area contributed by atoms with Crippen molar-refractivity contribution in [2.45, 2.75) is 32.7 Å². The molecule has 0 aliphatic carbocycles. The Bertz CT molecular complexity index is 590. The molecule has 1 aromatic carbocycles. The highest BCUT2D eigenvalue weighted by atomic mass is 35.5. The highest BCUT2D eigenvalue weighted by Gasteiger charge is 2.29. The summed E-state index contributed by atoms with van der Waals surface area (Å²) in [6, 6.07) is 6.02. The van der Waals surface area contributed by atoms with Crippen molar-refractivity contribution in [3.63, 3.8) is 0 Å². The molecule has 19 heavy (non-hydrogen) atoms. The smallest absolute Gasteiger partial charge is 0.114 e. The molecule has 0 amide bonds. The van der Waals surface area contributed by atoms with Crippen LogP contribution in [0, 0.1) is 5.92 Å². The van der Waals surface area contributed by atoms with Crippen LogP contribution in [0.1, 0.15) is 32.0 Å². The fourth-order valence-electron chi connectivity index (χ4n) is 3.02. The number of nitrogens with one attached hydrogen (secondary N) is 1. The van der Waals surface area contributed by atoms with Gasteiger partial charge in [-0.2, -0.15) is 0 Å². The lowest BCUT2D eigenvalue weighted by Crippen LogP contribution is -2.15. The van der Waals surface area contributed by atoms with Crippen LogP contribution in [0.5, 0.6) is 0 Å². The molecule has 3 nitrogen and oxygen atoms in total. The lowest BCUT2D eigenvalue weighted by molar-refractivity contribution is 0.514. The van der Waals surface area contributed by atoms with E-state index in [0.29, 0.717) is 11.8 Å². The quantitative estimate of drug-likeness (QED) is 0.932. The van der Waals surface area contributed by atoms with Crippen LogP contribution < -0.4 is 5.32 Å². The minimum absolute atomic E-state index is 0.512. The van der Waals surface area contributed by atoms with Gasteiger partial charge in [-0.25, -0.2) is 4.98 Å². The largest absolute Gasteiger partial charge is 0.328 e. The predicted molar refractivity (Wildman–Crippen MR) is 79.8 cm³/mol. The van der Waals surface area contributed by atoms with E-state index in [1.807, 2.05) is 12.1 Å². The molecule has 102 valence electrons. The van der Waals surface area contributed by atoms with Crippen LogP contribution in [0.2, 0.25) is 5.02 Å². The van der Waals surface area contributed by atoms with Crippen molar-refractivity contribution in [3.05, 3.63) is 29.0 Å². The molecule has 1 aliphatic rings. The van der Waals surface area contributed by atoms with Crippen molar-refractivity contribution in [1.29, 1.82) is 0 Å². The van der Waals surface area contributed by atoms with E-state index in [1.54, 1.807) is 0 Å². The second kappa shape index (κ2) is 5.14. The van der Waals surface area contributed by atoms with Crippen LogP contribution in [0.25, 0.3) is 11.0 Å². The van der Waals surface area contributed by atoms with Crippen molar-refractivity contribution in [1.82, 2.24) is 14.9 Å². The summed E-state index contributed by atoms with van der Waals surface area (Å²) in [5.74, 6) is 2.37. The molecule has 2 atom stereocenters. The minimum atomic E-state index is 0.512. The maximum atomic E-state index is 6.08. The van der Waals surface area contributed by atoms with E-state index < -0.39 is 0 Å². The summed E-state index contributed by atoms with van der Waals surface area (Å²) >= 11 is 6.08. The van der Waals surface area contributed by atoms with Gasteiger partial charge in [0.1, 0.15) is 5.82 Å². The summed E-state index contributed by atoms with van der Waals surface area (Å²) in [6.07, 6.45) is 1.12. The zero-order valence-corrected chi connectivity index (χ0v) is 12.2. The number of benzene rings is 1. The first kappa shape index (κ1) is 12.9. The number of rotatable bonds is 3. The zero-order valence-electron chi connectivity index (χ0n) is 11.5. The molecular weight excluding hydrogens is 258 g/mol. The maximum Gasteiger partial charge on any atom is 0.114 e. The average Bonchev–Trinajstić information content (AvgIpc) is 2.94. The lowest BCUT2D eigenvalue weighted by atomic mass is 9.97. The van der Waals surface area contributed by atoms with Crippen molar-refractivity contribution in [2.75, 3.05) is 13.1 Å². The highest BCUT2D eigenvalue weighted by Crippen LogP contribution is 2.31. The van der Waals surface area contributed by atoms with Gasteiger partial charge in [-0.15, -0.1) is 0 Å². The van der Waals surface area contributed by atoms with Gasteiger partial charge in [0.15, 0.2) is 0 Å². The van der Waals surface area contributed by atoms with Crippen molar-refractivity contribution < 1.29 is 0 Å². The highest BCUT2D eigenvalue weighted by molar-refractivity contribution is 6.31. The van der Waals surface area contributed by atoms with Crippen LogP contribution in [0.4, 0.5) is 0 Å². The lowest BCUT2D eigenvalue weighted by Gasteiger charge is -2.16. The van der Waals surface area contributed by atoms with Crippen molar-refractivity contribution in [3.8, 4) is 0 Å². The average molecular weight is 278 g/mol. The summed E-state index contributed by atoms with van der Waals surface area (Å²) in [4.78, 5) is 4.86.